The molecule has 0 bridgehead atoms. The fraction of sp³-hybridized carbons (Fsp3) is 0.571. The molecule has 0 aromatic heterocycles. The summed E-state index contributed by atoms with van der Waals surface area (Å²) >= 11 is 0. The third-order valence-corrected chi connectivity index (χ3v) is 3.13. The maximum atomic E-state index is 13.5. The number of ether oxygens (including phenoxy) is 1. The Bertz CT molecular complexity index is 376. The SMILES string of the molecule is COc1ccc(CC(C)CNC2CC2)cc1F. The highest BCUT2D eigenvalue weighted by molar-refractivity contribution is 5.29. The normalized spacial score (nSPS) is 16.9. The van der Waals surface area contributed by atoms with Crippen molar-refractivity contribution < 1.29 is 9.13 Å². The van der Waals surface area contributed by atoms with Crippen molar-refractivity contribution in [2.24, 2.45) is 5.92 Å². The summed E-state index contributed by atoms with van der Waals surface area (Å²) in [5.74, 6) is 0.577. The first kappa shape index (κ1) is 12.4. The van der Waals surface area contributed by atoms with E-state index >= 15 is 0 Å². The lowest BCUT2D eigenvalue weighted by molar-refractivity contribution is 0.385. The average molecular weight is 237 g/mol. The zero-order valence-electron chi connectivity index (χ0n) is 10.5. The van der Waals surface area contributed by atoms with Crippen LogP contribution in [0.4, 0.5) is 4.39 Å². The van der Waals surface area contributed by atoms with Crippen molar-refractivity contribution in [1.82, 2.24) is 5.32 Å². The third-order valence-electron chi connectivity index (χ3n) is 3.13. The lowest BCUT2D eigenvalue weighted by Crippen LogP contribution is -2.24. The summed E-state index contributed by atoms with van der Waals surface area (Å²) in [6, 6.07) is 5.96. The highest BCUT2D eigenvalue weighted by Crippen LogP contribution is 2.21. The zero-order chi connectivity index (χ0) is 12.3. The van der Waals surface area contributed by atoms with E-state index in [1.54, 1.807) is 12.1 Å². The maximum Gasteiger partial charge on any atom is 0.165 e. The molecule has 0 aliphatic heterocycles. The first-order valence-corrected chi connectivity index (χ1v) is 6.25. The Morgan fingerprint density at radius 3 is 2.82 bits per heavy atom. The number of hydrogen-bond donors (Lipinski definition) is 1. The number of benzene rings is 1. The number of rotatable bonds is 6. The third kappa shape index (κ3) is 3.70. The standard InChI is InChI=1S/C14H20FNO/c1-10(9-16-12-4-5-12)7-11-3-6-14(17-2)13(15)8-11/h3,6,8,10,12,16H,4-5,7,9H2,1-2H3. The van der Waals surface area contributed by atoms with E-state index < -0.39 is 0 Å². The van der Waals surface area contributed by atoms with Crippen molar-refractivity contribution in [3.63, 3.8) is 0 Å². The van der Waals surface area contributed by atoms with Crippen LogP contribution in [0.25, 0.3) is 0 Å². The van der Waals surface area contributed by atoms with E-state index in [1.165, 1.54) is 20.0 Å². The first-order chi connectivity index (χ1) is 8.19. The van der Waals surface area contributed by atoms with Crippen molar-refractivity contribution in [3.05, 3.63) is 29.6 Å². The van der Waals surface area contributed by atoms with E-state index in [0.717, 1.165) is 24.6 Å². The smallest absolute Gasteiger partial charge is 0.165 e. The van der Waals surface area contributed by atoms with Gasteiger partial charge in [0.1, 0.15) is 0 Å². The summed E-state index contributed by atoms with van der Waals surface area (Å²) in [6.45, 7) is 3.20. The van der Waals surface area contributed by atoms with Gasteiger partial charge in [-0.05, 0) is 49.4 Å². The molecule has 1 N–H and O–H groups in total. The summed E-state index contributed by atoms with van der Waals surface area (Å²) in [7, 11) is 1.49. The second-order valence-corrected chi connectivity index (χ2v) is 4.96. The number of halogens is 1. The topological polar surface area (TPSA) is 21.3 Å². The van der Waals surface area contributed by atoms with Crippen LogP contribution in [-0.4, -0.2) is 19.7 Å². The van der Waals surface area contributed by atoms with E-state index in [0.29, 0.717) is 11.7 Å². The zero-order valence-corrected chi connectivity index (χ0v) is 10.5. The van der Waals surface area contributed by atoms with Crippen molar-refractivity contribution in [2.45, 2.75) is 32.2 Å². The van der Waals surface area contributed by atoms with Gasteiger partial charge >= 0.3 is 0 Å². The number of hydrogen-bond acceptors (Lipinski definition) is 2. The largest absolute Gasteiger partial charge is 0.494 e. The first-order valence-electron chi connectivity index (χ1n) is 6.25. The van der Waals surface area contributed by atoms with Crippen molar-refractivity contribution in [3.8, 4) is 5.75 Å². The quantitative estimate of drug-likeness (QED) is 0.821. The molecule has 1 fully saturated rings. The Labute approximate surface area is 102 Å². The molecule has 1 aromatic carbocycles. The van der Waals surface area contributed by atoms with Crippen LogP contribution in [0.3, 0.4) is 0 Å². The van der Waals surface area contributed by atoms with Crippen LogP contribution in [0.2, 0.25) is 0 Å². The Balaban J connectivity index is 1.86. The molecule has 1 aromatic rings. The monoisotopic (exact) mass is 237 g/mol. The van der Waals surface area contributed by atoms with E-state index in [1.807, 2.05) is 6.07 Å². The van der Waals surface area contributed by atoms with Crippen LogP contribution in [0.1, 0.15) is 25.3 Å². The van der Waals surface area contributed by atoms with Gasteiger partial charge in [-0.1, -0.05) is 13.0 Å². The van der Waals surface area contributed by atoms with Gasteiger partial charge in [0.25, 0.3) is 0 Å². The van der Waals surface area contributed by atoms with Gasteiger partial charge in [-0.3, -0.25) is 0 Å². The lowest BCUT2D eigenvalue weighted by Gasteiger charge is -2.13. The van der Waals surface area contributed by atoms with Crippen LogP contribution >= 0.6 is 0 Å². The molecular formula is C14H20FNO. The maximum absolute atomic E-state index is 13.5. The minimum atomic E-state index is -0.271. The molecule has 3 heteroatoms. The molecule has 1 aliphatic carbocycles. The molecule has 1 saturated carbocycles. The van der Waals surface area contributed by atoms with Gasteiger partial charge in [0.2, 0.25) is 0 Å². The van der Waals surface area contributed by atoms with Gasteiger partial charge in [-0.25, -0.2) is 4.39 Å². The molecular weight excluding hydrogens is 217 g/mol. The van der Waals surface area contributed by atoms with Crippen LogP contribution in [0, 0.1) is 11.7 Å². The van der Waals surface area contributed by atoms with Gasteiger partial charge in [-0.15, -0.1) is 0 Å². The van der Waals surface area contributed by atoms with Gasteiger partial charge < -0.3 is 10.1 Å². The molecule has 0 amide bonds. The highest BCUT2D eigenvalue weighted by Gasteiger charge is 2.20. The van der Waals surface area contributed by atoms with E-state index in [4.69, 9.17) is 4.74 Å². The molecule has 94 valence electrons. The molecule has 1 unspecified atom stereocenters. The molecule has 0 saturated heterocycles. The fourth-order valence-electron chi connectivity index (χ4n) is 1.97. The minimum absolute atomic E-state index is 0.271. The molecule has 1 atom stereocenters. The molecule has 17 heavy (non-hydrogen) atoms. The number of nitrogens with one attached hydrogen (secondary N) is 1. The Hall–Kier alpha value is -1.09. The average Bonchev–Trinajstić information content (AvgIpc) is 3.10. The van der Waals surface area contributed by atoms with Crippen LogP contribution in [0.15, 0.2) is 18.2 Å². The summed E-state index contributed by atoms with van der Waals surface area (Å²) in [4.78, 5) is 0. The van der Waals surface area contributed by atoms with Gasteiger partial charge in [0.05, 0.1) is 7.11 Å². The van der Waals surface area contributed by atoms with E-state index in [2.05, 4.69) is 12.2 Å². The number of methoxy groups -OCH3 is 1. The molecule has 0 radical (unpaired) electrons. The lowest BCUT2D eigenvalue weighted by atomic mass is 10.0. The summed E-state index contributed by atoms with van der Waals surface area (Å²) < 4.78 is 18.4. The molecule has 0 spiro atoms. The molecule has 2 nitrogen and oxygen atoms in total. The Morgan fingerprint density at radius 2 is 2.24 bits per heavy atom. The van der Waals surface area contributed by atoms with Gasteiger partial charge in [0.15, 0.2) is 11.6 Å². The summed E-state index contributed by atoms with van der Waals surface area (Å²) in [6.07, 6.45) is 3.52. The van der Waals surface area contributed by atoms with Gasteiger partial charge in [0, 0.05) is 6.04 Å². The predicted molar refractivity (Wildman–Crippen MR) is 66.8 cm³/mol. The van der Waals surface area contributed by atoms with Crippen molar-refractivity contribution >= 4 is 0 Å². The van der Waals surface area contributed by atoms with Crippen LogP contribution in [0.5, 0.6) is 5.75 Å². The van der Waals surface area contributed by atoms with E-state index in [-0.39, 0.29) is 5.82 Å². The fourth-order valence-corrected chi connectivity index (χ4v) is 1.97. The van der Waals surface area contributed by atoms with E-state index in [9.17, 15) is 4.39 Å². The summed E-state index contributed by atoms with van der Waals surface area (Å²) in [5.41, 5.74) is 1.04. The summed E-state index contributed by atoms with van der Waals surface area (Å²) in [5, 5.41) is 3.50. The van der Waals surface area contributed by atoms with Crippen LogP contribution in [-0.2, 0) is 6.42 Å². The van der Waals surface area contributed by atoms with Crippen LogP contribution < -0.4 is 10.1 Å². The highest BCUT2D eigenvalue weighted by atomic mass is 19.1. The minimum Gasteiger partial charge on any atom is -0.494 e. The second-order valence-electron chi connectivity index (χ2n) is 4.96. The molecule has 0 heterocycles. The second kappa shape index (κ2) is 5.50. The molecule has 1 aliphatic rings. The molecule has 2 rings (SSSR count). The Kier molecular flexibility index (Phi) is 4.00. The predicted octanol–water partition coefficient (Wildman–Crippen LogP) is 2.76. The van der Waals surface area contributed by atoms with Crippen molar-refractivity contribution in [2.75, 3.05) is 13.7 Å². The van der Waals surface area contributed by atoms with Gasteiger partial charge in [-0.2, -0.15) is 0 Å². The Morgan fingerprint density at radius 1 is 1.47 bits per heavy atom. The van der Waals surface area contributed by atoms with Crippen molar-refractivity contribution in [1.29, 1.82) is 0 Å².